The van der Waals surface area contributed by atoms with E-state index in [0.717, 1.165) is 5.56 Å². The molecule has 0 bridgehead atoms. The molecule has 19 heavy (non-hydrogen) atoms. The van der Waals surface area contributed by atoms with E-state index >= 15 is 0 Å². The third kappa shape index (κ3) is 2.98. The number of aromatic nitrogens is 4. The Balaban J connectivity index is 2.19. The molecular weight excluding hydrogens is 247 g/mol. The average Bonchev–Trinajstić information content (AvgIpc) is 2.74. The summed E-state index contributed by atoms with van der Waals surface area (Å²) < 4.78 is 15.3. The van der Waals surface area contributed by atoms with Gasteiger partial charge in [0.1, 0.15) is 0 Å². The van der Waals surface area contributed by atoms with Crippen LogP contribution in [0.4, 0.5) is 16.2 Å². The normalized spacial score (nSPS) is 10.6. The predicted molar refractivity (Wildman–Crippen MR) is 71.6 cm³/mol. The van der Waals surface area contributed by atoms with Crippen LogP contribution in [0.2, 0.25) is 0 Å². The summed E-state index contributed by atoms with van der Waals surface area (Å²) >= 11 is 0. The molecule has 0 aliphatic rings. The fourth-order valence-electron chi connectivity index (χ4n) is 1.74. The van der Waals surface area contributed by atoms with Crippen LogP contribution < -0.4 is 9.80 Å². The number of nitrogens with zero attached hydrogens (tertiary/aromatic N) is 6. The molecule has 0 spiro atoms. The van der Waals surface area contributed by atoms with E-state index in [4.69, 9.17) is 0 Å². The summed E-state index contributed by atoms with van der Waals surface area (Å²) in [6.45, 7) is 0.617. The molecule has 0 radical (unpaired) electrons. The Morgan fingerprint density at radius 2 is 2.00 bits per heavy atom. The molecule has 0 atom stereocenters. The highest BCUT2D eigenvalue weighted by Gasteiger charge is 2.12. The monoisotopic (exact) mass is 264 g/mol. The smallest absolute Gasteiger partial charge is 0.227 e. The summed E-state index contributed by atoms with van der Waals surface area (Å²) in [6, 6.07) is 0. The number of anilines is 2. The van der Waals surface area contributed by atoms with E-state index in [1.54, 1.807) is 29.9 Å². The van der Waals surface area contributed by atoms with Gasteiger partial charge in [0.15, 0.2) is 11.6 Å². The van der Waals surface area contributed by atoms with Gasteiger partial charge < -0.3 is 9.80 Å². The maximum absolute atomic E-state index is 13.5. The van der Waals surface area contributed by atoms with Gasteiger partial charge in [0.05, 0.1) is 12.4 Å². The van der Waals surface area contributed by atoms with Crippen molar-refractivity contribution in [2.24, 2.45) is 7.05 Å². The molecule has 2 aromatic rings. The zero-order valence-corrected chi connectivity index (χ0v) is 11.5. The predicted octanol–water partition coefficient (Wildman–Crippen LogP) is 1.05. The topological polar surface area (TPSA) is 50.1 Å². The van der Waals surface area contributed by atoms with Crippen LogP contribution in [0.3, 0.4) is 0 Å². The van der Waals surface area contributed by atoms with Crippen molar-refractivity contribution in [2.75, 3.05) is 30.9 Å². The van der Waals surface area contributed by atoms with Crippen molar-refractivity contribution in [3.63, 3.8) is 0 Å². The lowest BCUT2D eigenvalue weighted by Crippen LogP contribution is -2.21. The van der Waals surface area contributed by atoms with Gasteiger partial charge in [-0.05, 0) is 0 Å². The first-order valence-corrected chi connectivity index (χ1v) is 5.86. The zero-order chi connectivity index (χ0) is 14.0. The van der Waals surface area contributed by atoms with E-state index in [1.807, 2.05) is 25.2 Å². The molecule has 2 rings (SSSR count). The van der Waals surface area contributed by atoms with Gasteiger partial charge in [-0.3, -0.25) is 4.68 Å². The van der Waals surface area contributed by atoms with Gasteiger partial charge in [-0.2, -0.15) is 10.1 Å². The summed E-state index contributed by atoms with van der Waals surface area (Å²) in [6.07, 6.45) is 4.90. The van der Waals surface area contributed by atoms with Gasteiger partial charge in [-0.25, -0.2) is 9.37 Å². The molecule has 0 amide bonds. The quantitative estimate of drug-likeness (QED) is 0.826. The van der Waals surface area contributed by atoms with Crippen LogP contribution in [-0.2, 0) is 13.6 Å². The SMILES string of the molecule is CN(C)c1nc(N(C)Cc2cnn(C)c2)ncc1F. The molecule has 6 nitrogen and oxygen atoms in total. The maximum atomic E-state index is 13.5. The minimum absolute atomic E-state index is 0.281. The van der Waals surface area contributed by atoms with Crippen LogP contribution in [0, 0.1) is 5.82 Å². The molecule has 0 aliphatic carbocycles. The van der Waals surface area contributed by atoms with Crippen molar-refractivity contribution in [2.45, 2.75) is 6.54 Å². The highest BCUT2D eigenvalue weighted by molar-refractivity contribution is 5.43. The minimum atomic E-state index is -0.427. The first kappa shape index (κ1) is 13.3. The number of rotatable bonds is 4. The fraction of sp³-hybridized carbons (Fsp3) is 0.417. The molecule has 0 unspecified atom stereocenters. The van der Waals surface area contributed by atoms with Crippen LogP contribution in [0.25, 0.3) is 0 Å². The van der Waals surface area contributed by atoms with Gasteiger partial charge in [-0.15, -0.1) is 0 Å². The van der Waals surface area contributed by atoms with Gasteiger partial charge >= 0.3 is 0 Å². The summed E-state index contributed by atoms with van der Waals surface area (Å²) in [7, 11) is 7.22. The molecule has 2 heterocycles. The summed E-state index contributed by atoms with van der Waals surface area (Å²) in [5.74, 6) is 0.334. The zero-order valence-electron chi connectivity index (χ0n) is 11.5. The number of hydrogen-bond donors (Lipinski definition) is 0. The lowest BCUT2D eigenvalue weighted by molar-refractivity contribution is 0.610. The summed E-state index contributed by atoms with van der Waals surface area (Å²) in [5, 5.41) is 4.10. The molecule has 0 fully saturated rings. The van der Waals surface area contributed by atoms with Crippen molar-refractivity contribution in [1.82, 2.24) is 19.7 Å². The second kappa shape index (κ2) is 5.21. The van der Waals surface area contributed by atoms with Crippen molar-refractivity contribution in [3.05, 3.63) is 30.0 Å². The second-order valence-corrected chi connectivity index (χ2v) is 4.61. The van der Waals surface area contributed by atoms with Crippen molar-refractivity contribution in [1.29, 1.82) is 0 Å². The molecule has 7 heteroatoms. The Bertz CT molecular complexity index is 565. The minimum Gasteiger partial charge on any atom is -0.360 e. The lowest BCUT2D eigenvalue weighted by atomic mass is 10.3. The lowest BCUT2D eigenvalue weighted by Gasteiger charge is -2.19. The third-order valence-electron chi connectivity index (χ3n) is 2.66. The number of halogens is 1. The van der Waals surface area contributed by atoms with Gasteiger partial charge in [0.25, 0.3) is 0 Å². The van der Waals surface area contributed by atoms with E-state index in [9.17, 15) is 4.39 Å². The molecule has 0 N–H and O–H groups in total. The highest BCUT2D eigenvalue weighted by Crippen LogP contribution is 2.17. The van der Waals surface area contributed by atoms with Gasteiger partial charge in [-0.1, -0.05) is 0 Å². The molecule has 2 aromatic heterocycles. The second-order valence-electron chi connectivity index (χ2n) is 4.61. The van der Waals surface area contributed by atoms with E-state index in [1.165, 1.54) is 6.20 Å². The highest BCUT2D eigenvalue weighted by atomic mass is 19.1. The summed E-state index contributed by atoms with van der Waals surface area (Å²) in [4.78, 5) is 11.7. The van der Waals surface area contributed by atoms with Crippen LogP contribution in [0.15, 0.2) is 18.6 Å². The molecule has 102 valence electrons. The van der Waals surface area contributed by atoms with Crippen molar-refractivity contribution >= 4 is 11.8 Å². The number of hydrogen-bond acceptors (Lipinski definition) is 5. The first-order valence-electron chi connectivity index (χ1n) is 5.86. The van der Waals surface area contributed by atoms with E-state index in [0.29, 0.717) is 12.5 Å². The molecule has 0 saturated heterocycles. The molecular formula is C12H17FN6. The molecule has 0 saturated carbocycles. The fourth-order valence-corrected chi connectivity index (χ4v) is 1.74. The van der Waals surface area contributed by atoms with E-state index in [-0.39, 0.29) is 5.82 Å². The maximum Gasteiger partial charge on any atom is 0.227 e. The number of aryl methyl sites for hydroxylation is 1. The van der Waals surface area contributed by atoms with Gasteiger partial charge in [0.2, 0.25) is 5.95 Å². The van der Waals surface area contributed by atoms with Crippen LogP contribution in [-0.4, -0.2) is 40.9 Å². The summed E-state index contributed by atoms with van der Waals surface area (Å²) in [5.41, 5.74) is 1.05. The molecule has 0 aliphatic heterocycles. The Hall–Kier alpha value is -2.18. The van der Waals surface area contributed by atoms with Crippen LogP contribution in [0.1, 0.15) is 5.56 Å². The Kier molecular flexibility index (Phi) is 3.64. The molecule has 0 aromatic carbocycles. The Labute approximate surface area is 111 Å². The Morgan fingerprint density at radius 1 is 1.26 bits per heavy atom. The van der Waals surface area contributed by atoms with Gasteiger partial charge in [0, 0.05) is 46.5 Å². The van der Waals surface area contributed by atoms with E-state index in [2.05, 4.69) is 15.1 Å². The largest absolute Gasteiger partial charge is 0.360 e. The van der Waals surface area contributed by atoms with Crippen molar-refractivity contribution < 1.29 is 4.39 Å². The van der Waals surface area contributed by atoms with Crippen LogP contribution >= 0.6 is 0 Å². The standard InChI is InChI=1S/C12H17FN6/c1-17(2)11-10(13)6-14-12(16-11)18(3)7-9-5-15-19(4)8-9/h5-6,8H,7H2,1-4H3. The first-order chi connectivity index (χ1) is 8.97. The third-order valence-corrected chi connectivity index (χ3v) is 2.66. The Morgan fingerprint density at radius 3 is 2.58 bits per heavy atom. The van der Waals surface area contributed by atoms with Crippen molar-refractivity contribution in [3.8, 4) is 0 Å². The van der Waals surface area contributed by atoms with Crippen LogP contribution in [0.5, 0.6) is 0 Å². The van der Waals surface area contributed by atoms with E-state index < -0.39 is 5.82 Å². The average molecular weight is 264 g/mol.